The van der Waals surface area contributed by atoms with Gasteiger partial charge in [0.1, 0.15) is 0 Å². The number of halogens is 1. The standard InChI is InChI=1S/C12H14BrNO3/c1-8(2)17-12(16)11(15)14-7-9-5-3-4-6-10(9)13/h3-6,8H,7H2,1-2H3,(H,14,15). The Labute approximate surface area is 108 Å². The first-order valence-corrected chi connectivity index (χ1v) is 6.02. The van der Waals surface area contributed by atoms with Gasteiger partial charge in [-0.25, -0.2) is 4.79 Å². The van der Waals surface area contributed by atoms with Gasteiger partial charge in [0, 0.05) is 11.0 Å². The summed E-state index contributed by atoms with van der Waals surface area (Å²) in [6.07, 6.45) is -0.295. The van der Waals surface area contributed by atoms with E-state index in [1.165, 1.54) is 0 Å². The van der Waals surface area contributed by atoms with E-state index in [9.17, 15) is 9.59 Å². The molecule has 0 unspecified atom stereocenters. The Balaban J connectivity index is 2.49. The summed E-state index contributed by atoms with van der Waals surface area (Å²) in [4.78, 5) is 22.6. The van der Waals surface area contributed by atoms with E-state index >= 15 is 0 Å². The number of amides is 1. The van der Waals surface area contributed by atoms with Crippen LogP contribution in [0.4, 0.5) is 0 Å². The molecule has 0 aromatic heterocycles. The molecule has 0 saturated heterocycles. The van der Waals surface area contributed by atoms with Crippen molar-refractivity contribution >= 4 is 27.8 Å². The van der Waals surface area contributed by atoms with Crippen LogP contribution >= 0.6 is 15.9 Å². The van der Waals surface area contributed by atoms with Gasteiger partial charge in [0.15, 0.2) is 0 Å². The van der Waals surface area contributed by atoms with Gasteiger partial charge in [-0.1, -0.05) is 34.1 Å². The first-order chi connectivity index (χ1) is 8.00. The SMILES string of the molecule is CC(C)OC(=O)C(=O)NCc1ccccc1Br. The summed E-state index contributed by atoms with van der Waals surface area (Å²) >= 11 is 3.36. The van der Waals surface area contributed by atoms with Crippen molar-refractivity contribution in [3.63, 3.8) is 0 Å². The van der Waals surface area contributed by atoms with Gasteiger partial charge in [-0.2, -0.15) is 0 Å². The summed E-state index contributed by atoms with van der Waals surface area (Å²) in [5.74, 6) is -1.58. The topological polar surface area (TPSA) is 55.4 Å². The van der Waals surface area contributed by atoms with Crippen molar-refractivity contribution in [3.05, 3.63) is 34.3 Å². The predicted molar refractivity (Wildman–Crippen MR) is 67.2 cm³/mol. The predicted octanol–water partition coefficient (Wildman–Crippen LogP) is 2.02. The highest BCUT2D eigenvalue weighted by atomic mass is 79.9. The highest BCUT2D eigenvalue weighted by Gasteiger charge is 2.16. The van der Waals surface area contributed by atoms with Crippen LogP contribution in [-0.4, -0.2) is 18.0 Å². The second kappa shape index (κ2) is 6.39. The highest BCUT2D eigenvalue weighted by Crippen LogP contribution is 2.15. The summed E-state index contributed by atoms with van der Waals surface area (Å²) < 4.78 is 5.65. The smallest absolute Gasteiger partial charge is 0.397 e. The Morgan fingerprint density at radius 1 is 1.35 bits per heavy atom. The largest absolute Gasteiger partial charge is 0.456 e. The maximum absolute atomic E-state index is 11.4. The van der Waals surface area contributed by atoms with Crippen LogP contribution in [0.1, 0.15) is 19.4 Å². The summed E-state index contributed by atoms with van der Waals surface area (Å²) in [6.45, 7) is 3.67. The molecule has 92 valence electrons. The van der Waals surface area contributed by atoms with Crippen molar-refractivity contribution in [2.45, 2.75) is 26.5 Å². The van der Waals surface area contributed by atoms with Crippen molar-refractivity contribution in [1.29, 1.82) is 0 Å². The van der Waals surface area contributed by atoms with Gasteiger partial charge in [0.25, 0.3) is 0 Å². The average molecular weight is 300 g/mol. The zero-order chi connectivity index (χ0) is 12.8. The highest BCUT2D eigenvalue weighted by molar-refractivity contribution is 9.10. The minimum atomic E-state index is -0.855. The van der Waals surface area contributed by atoms with Crippen LogP contribution in [0.3, 0.4) is 0 Å². The van der Waals surface area contributed by atoms with E-state index < -0.39 is 11.9 Å². The number of esters is 1. The molecule has 1 aromatic rings. The van der Waals surface area contributed by atoms with Crippen molar-refractivity contribution in [1.82, 2.24) is 5.32 Å². The first-order valence-electron chi connectivity index (χ1n) is 5.23. The summed E-state index contributed by atoms with van der Waals surface area (Å²) in [5, 5.41) is 2.50. The molecular weight excluding hydrogens is 286 g/mol. The fourth-order valence-electron chi connectivity index (χ4n) is 1.16. The molecule has 17 heavy (non-hydrogen) atoms. The zero-order valence-electron chi connectivity index (χ0n) is 9.70. The molecule has 0 fully saturated rings. The molecule has 1 rings (SSSR count). The molecule has 1 N–H and O–H groups in total. The van der Waals surface area contributed by atoms with Crippen molar-refractivity contribution < 1.29 is 14.3 Å². The monoisotopic (exact) mass is 299 g/mol. The lowest BCUT2D eigenvalue weighted by molar-refractivity contribution is -0.157. The Kier molecular flexibility index (Phi) is 5.15. The lowest BCUT2D eigenvalue weighted by Crippen LogP contribution is -2.33. The van der Waals surface area contributed by atoms with Crippen LogP contribution < -0.4 is 5.32 Å². The van der Waals surface area contributed by atoms with E-state index in [0.29, 0.717) is 0 Å². The third-order valence-corrected chi connectivity index (χ3v) is 2.70. The van der Waals surface area contributed by atoms with Gasteiger partial charge in [-0.15, -0.1) is 0 Å². The van der Waals surface area contributed by atoms with Crippen LogP contribution in [0.25, 0.3) is 0 Å². The van der Waals surface area contributed by atoms with Crippen LogP contribution in [-0.2, 0) is 20.9 Å². The molecule has 0 radical (unpaired) electrons. The number of nitrogens with one attached hydrogen (secondary N) is 1. The number of carbonyl (C=O) groups is 2. The summed E-state index contributed by atoms with van der Waals surface area (Å²) in [6, 6.07) is 7.47. The number of rotatable bonds is 3. The third kappa shape index (κ3) is 4.56. The summed E-state index contributed by atoms with van der Waals surface area (Å²) in [5.41, 5.74) is 0.901. The van der Waals surface area contributed by atoms with Crippen molar-refractivity contribution in [2.24, 2.45) is 0 Å². The van der Waals surface area contributed by atoms with Crippen LogP contribution in [0, 0.1) is 0 Å². The molecule has 5 heteroatoms. The fraction of sp³-hybridized carbons (Fsp3) is 0.333. The van der Waals surface area contributed by atoms with E-state index in [2.05, 4.69) is 21.2 Å². The number of hydrogen-bond acceptors (Lipinski definition) is 3. The Hall–Kier alpha value is -1.36. The van der Waals surface area contributed by atoms with E-state index in [0.717, 1.165) is 10.0 Å². The first kappa shape index (κ1) is 13.7. The van der Waals surface area contributed by atoms with Crippen molar-refractivity contribution in [3.8, 4) is 0 Å². The molecule has 0 spiro atoms. The van der Waals surface area contributed by atoms with Gasteiger partial charge in [0.2, 0.25) is 0 Å². The van der Waals surface area contributed by atoms with Gasteiger partial charge < -0.3 is 10.1 Å². The molecule has 0 bridgehead atoms. The molecule has 1 amide bonds. The normalized spacial score (nSPS) is 10.1. The van der Waals surface area contributed by atoms with Gasteiger partial charge in [-0.3, -0.25) is 4.79 Å². The van der Waals surface area contributed by atoms with E-state index in [-0.39, 0.29) is 12.6 Å². The molecule has 1 aromatic carbocycles. The van der Waals surface area contributed by atoms with Crippen LogP contribution in [0.15, 0.2) is 28.7 Å². The molecule has 0 saturated carbocycles. The number of carbonyl (C=O) groups excluding carboxylic acids is 2. The maximum Gasteiger partial charge on any atom is 0.397 e. The molecule has 4 nitrogen and oxygen atoms in total. The quantitative estimate of drug-likeness (QED) is 0.686. The third-order valence-electron chi connectivity index (χ3n) is 1.93. The van der Waals surface area contributed by atoms with E-state index in [1.807, 2.05) is 24.3 Å². The molecule has 0 atom stereocenters. The van der Waals surface area contributed by atoms with E-state index in [4.69, 9.17) is 4.74 Å². The Bertz CT molecular complexity index is 418. The molecular formula is C12H14BrNO3. The molecule has 0 aliphatic heterocycles. The number of ether oxygens (including phenoxy) is 1. The zero-order valence-corrected chi connectivity index (χ0v) is 11.3. The van der Waals surface area contributed by atoms with Gasteiger partial charge in [0.05, 0.1) is 6.10 Å². The van der Waals surface area contributed by atoms with E-state index in [1.54, 1.807) is 13.8 Å². The average Bonchev–Trinajstić information content (AvgIpc) is 2.26. The van der Waals surface area contributed by atoms with Gasteiger partial charge >= 0.3 is 11.9 Å². The second-order valence-electron chi connectivity index (χ2n) is 3.73. The maximum atomic E-state index is 11.4. The van der Waals surface area contributed by atoms with Gasteiger partial charge in [-0.05, 0) is 25.5 Å². The lowest BCUT2D eigenvalue weighted by atomic mass is 10.2. The number of hydrogen-bond donors (Lipinski definition) is 1. The molecule has 0 aliphatic carbocycles. The number of benzene rings is 1. The molecule has 0 heterocycles. The fourth-order valence-corrected chi connectivity index (χ4v) is 1.58. The Morgan fingerprint density at radius 2 is 2.00 bits per heavy atom. The lowest BCUT2D eigenvalue weighted by Gasteiger charge is -2.09. The van der Waals surface area contributed by atoms with Crippen LogP contribution in [0.2, 0.25) is 0 Å². The van der Waals surface area contributed by atoms with Crippen molar-refractivity contribution in [2.75, 3.05) is 0 Å². The minimum absolute atomic E-state index is 0.285. The second-order valence-corrected chi connectivity index (χ2v) is 4.58. The minimum Gasteiger partial charge on any atom is -0.456 e. The Morgan fingerprint density at radius 3 is 2.59 bits per heavy atom. The molecule has 0 aliphatic rings. The summed E-state index contributed by atoms with van der Waals surface area (Å²) in [7, 11) is 0. The van der Waals surface area contributed by atoms with Crippen LogP contribution in [0.5, 0.6) is 0 Å².